The Labute approximate surface area is 642 Å². The largest absolute Gasteiger partial charge is 0.481 e. The first-order valence-corrected chi connectivity index (χ1v) is 39.2. The Kier molecular flexibility index (Phi) is 36.1. The van der Waals surface area contributed by atoms with Crippen LogP contribution in [0.2, 0.25) is 0 Å². The summed E-state index contributed by atoms with van der Waals surface area (Å²) in [5.41, 5.74) is 1.29. The van der Waals surface area contributed by atoms with Crippen LogP contribution in [-0.2, 0) is 73.6 Å². The Hall–Kier alpha value is -7.00. The first-order chi connectivity index (χ1) is 50.0. The summed E-state index contributed by atoms with van der Waals surface area (Å²) < 4.78 is 17.4. The zero-order valence-corrected chi connectivity index (χ0v) is 67.4. The number of aliphatic hydroxyl groups excluding tert-OH is 2. The fraction of sp³-hybridized carbons (Fsp3) is 0.684. The highest BCUT2D eigenvalue weighted by Crippen LogP contribution is 2.44. The van der Waals surface area contributed by atoms with Crippen LogP contribution in [0.15, 0.2) is 54.6 Å². The number of methoxy groups -OCH3 is 2. The van der Waals surface area contributed by atoms with Gasteiger partial charge < -0.3 is 70.8 Å². The molecule has 0 bridgehead atoms. The first kappa shape index (κ1) is 89.6. The number of imide groups is 1. The van der Waals surface area contributed by atoms with Crippen molar-refractivity contribution in [3.63, 3.8) is 0 Å². The molecular weight excluding hydrogens is 1500 g/mol. The summed E-state index contributed by atoms with van der Waals surface area (Å²) >= 11 is 3.79. The van der Waals surface area contributed by atoms with E-state index in [0.717, 1.165) is 41.9 Å². The van der Waals surface area contributed by atoms with E-state index in [4.69, 9.17) is 14.2 Å². The number of halogens is 1. The van der Waals surface area contributed by atoms with Gasteiger partial charge in [-0.05, 0) is 92.9 Å². The van der Waals surface area contributed by atoms with Gasteiger partial charge in [0.2, 0.25) is 59.1 Å². The van der Waals surface area contributed by atoms with Crippen LogP contribution in [0.1, 0.15) is 183 Å². The lowest BCUT2D eigenvalue weighted by Crippen LogP contribution is -2.60. The van der Waals surface area contributed by atoms with Crippen molar-refractivity contribution in [2.24, 2.45) is 29.6 Å². The number of carboxylic acid groups (broad SMARTS) is 1. The molecule has 2 aromatic rings. The van der Waals surface area contributed by atoms with Crippen LogP contribution in [0, 0.1) is 29.6 Å². The van der Waals surface area contributed by atoms with Crippen molar-refractivity contribution in [1.82, 2.24) is 45.8 Å². The highest BCUT2D eigenvalue weighted by Gasteiger charge is 2.46. The molecule has 0 saturated carbocycles. The number of benzene rings is 2. The predicted molar refractivity (Wildman–Crippen MR) is 409 cm³/mol. The third kappa shape index (κ3) is 25.6. The monoisotopic (exact) mass is 1620 g/mol. The van der Waals surface area contributed by atoms with Crippen molar-refractivity contribution >= 4 is 111 Å². The van der Waals surface area contributed by atoms with Gasteiger partial charge in [-0.2, -0.15) is 0 Å². The molecule has 3 fully saturated rings. The molecule has 0 aromatic heterocycles. The van der Waals surface area contributed by atoms with E-state index in [-0.39, 0.29) is 83.4 Å². The number of amides is 11. The van der Waals surface area contributed by atoms with Gasteiger partial charge >= 0.3 is 12.1 Å². The smallest absolute Gasteiger partial charge is 0.410 e. The van der Waals surface area contributed by atoms with E-state index in [0.29, 0.717) is 49.3 Å². The zero-order chi connectivity index (χ0) is 79.0. The van der Waals surface area contributed by atoms with Crippen molar-refractivity contribution in [3.05, 3.63) is 65.7 Å². The Morgan fingerprint density at radius 3 is 1.98 bits per heavy atom. The quantitative estimate of drug-likeness (QED) is 0.0144. The van der Waals surface area contributed by atoms with Crippen LogP contribution < -0.4 is 26.6 Å². The Balaban J connectivity index is 1.13. The van der Waals surface area contributed by atoms with Gasteiger partial charge in [-0.3, -0.25) is 62.5 Å². The van der Waals surface area contributed by atoms with Crippen molar-refractivity contribution < 1.29 is 87.1 Å². The molecule has 11 amide bonds. The molecular formula is C76H117IN10O18S. The van der Waals surface area contributed by atoms with Crippen molar-refractivity contribution in [3.8, 4) is 0 Å². The molecule has 2 unspecified atom stereocenters. The average molecular weight is 1620 g/mol. The fourth-order valence-electron chi connectivity index (χ4n) is 14.2. The lowest BCUT2D eigenvalue weighted by molar-refractivity contribution is -0.148. The molecule has 8 N–H and O–H groups in total. The minimum Gasteiger partial charge on any atom is -0.481 e. The van der Waals surface area contributed by atoms with Crippen molar-refractivity contribution in [2.75, 3.05) is 59.9 Å². The van der Waals surface area contributed by atoms with Gasteiger partial charge in [0.25, 0.3) is 0 Å². The second-order valence-electron chi connectivity index (χ2n) is 29.7. The second-order valence-corrected chi connectivity index (χ2v) is 34.5. The van der Waals surface area contributed by atoms with E-state index in [1.807, 2.05) is 32.0 Å². The van der Waals surface area contributed by atoms with Gasteiger partial charge in [0, 0.05) is 66.5 Å². The molecule has 3 aliphatic rings. The van der Waals surface area contributed by atoms with E-state index in [2.05, 4.69) is 69.9 Å². The summed E-state index contributed by atoms with van der Waals surface area (Å²) in [5.74, 6) is -8.46. The maximum atomic E-state index is 14.8. The summed E-state index contributed by atoms with van der Waals surface area (Å²) in [7, 11) is 6.01. The van der Waals surface area contributed by atoms with E-state index in [9.17, 15) is 72.9 Å². The molecule has 106 heavy (non-hydrogen) atoms. The molecule has 15 atom stereocenters. The van der Waals surface area contributed by atoms with Crippen LogP contribution in [0.4, 0.5) is 10.5 Å². The minimum absolute atomic E-state index is 0.0156. The van der Waals surface area contributed by atoms with Gasteiger partial charge in [0.05, 0.1) is 69.8 Å². The number of likely N-dealkylation sites (tertiary alicyclic amines) is 3. The average Bonchev–Trinajstić information content (AvgIpc) is 1.31. The number of hydrogen-bond acceptors (Lipinski definition) is 18. The molecule has 3 saturated heterocycles. The molecule has 3 heterocycles. The third-order valence-electron chi connectivity index (χ3n) is 20.4. The number of ether oxygens (including phenoxy) is 3. The molecule has 0 aliphatic carbocycles. The number of unbranched alkanes of at least 4 members (excludes halogenated alkanes) is 2. The molecule has 2 aromatic carbocycles. The lowest BCUT2D eigenvalue weighted by Gasteiger charge is -2.41. The molecule has 0 spiro atoms. The number of likely N-dealkylation sites (N-methyl/N-ethyl adjacent to an activating group) is 2. The van der Waals surface area contributed by atoms with E-state index < -0.39 is 150 Å². The molecule has 0 radical (unpaired) electrons. The molecule has 30 heteroatoms. The maximum absolute atomic E-state index is 14.8. The number of anilines is 1. The van der Waals surface area contributed by atoms with Gasteiger partial charge in [0.15, 0.2) is 0 Å². The normalized spacial score (nSPS) is 19.7. The summed E-state index contributed by atoms with van der Waals surface area (Å²) in [5, 5.41) is 43.5. The number of aliphatic carboxylic acids is 1. The van der Waals surface area contributed by atoms with Crippen LogP contribution in [0.5, 0.6) is 0 Å². The maximum Gasteiger partial charge on any atom is 0.410 e. The molecule has 592 valence electrons. The molecule has 28 nitrogen and oxygen atoms in total. The fourth-order valence-corrected chi connectivity index (χ4v) is 16.8. The third-order valence-corrected chi connectivity index (χ3v) is 23.1. The number of carbonyl (C=O) groups excluding carboxylic acids is 11. The van der Waals surface area contributed by atoms with E-state index >= 15 is 0 Å². The second kappa shape index (κ2) is 42.7. The number of hydrogen-bond donors (Lipinski definition) is 8. The van der Waals surface area contributed by atoms with Crippen LogP contribution in [0.25, 0.3) is 0 Å². The Morgan fingerprint density at radius 2 is 1.39 bits per heavy atom. The zero-order valence-electron chi connectivity index (χ0n) is 64.4. The van der Waals surface area contributed by atoms with Gasteiger partial charge in [-0.25, -0.2) is 4.79 Å². The van der Waals surface area contributed by atoms with Crippen LogP contribution in [-0.4, -0.2) is 234 Å². The summed E-state index contributed by atoms with van der Waals surface area (Å²) in [6.45, 7) is 20.0. The van der Waals surface area contributed by atoms with Crippen molar-refractivity contribution in [1.29, 1.82) is 0 Å². The SMILES string of the molecule is CC[C@H](C)[C@@H]([C@@H](CC(=O)N1CCC[C@H]1[C@H](OC)[C@@H](C)C(=O)N[C@H](C)[C@@H](O)c1ccccc1)OC)N(C)C(=O)[C@@H](NC(=O)[C@H](C(C)C)N(C)C(=O)OCc1ccc(NC(=O)[C@H](CO)NC(=O)[C@H](CC(=O)O)NC(=O)[C@@H]2CCCN2C(=O)CCN2C(=O)CC(SC(C)(I)CCCCCC(C)C)C2=O)cc1)C(C)C. The molecule has 3 aliphatic heterocycles. The number of carboxylic acids is 1. The van der Waals surface area contributed by atoms with Crippen LogP contribution in [0.3, 0.4) is 0 Å². The van der Waals surface area contributed by atoms with E-state index in [1.54, 1.807) is 65.6 Å². The van der Waals surface area contributed by atoms with Crippen molar-refractivity contribution in [2.45, 2.75) is 247 Å². The summed E-state index contributed by atoms with van der Waals surface area (Å²) in [6, 6.07) is 6.54. The first-order valence-electron chi connectivity index (χ1n) is 37.2. The van der Waals surface area contributed by atoms with E-state index in [1.165, 1.54) is 67.1 Å². The standard InChI is InChI=1S/C76H117IN10O18S/c1-16-47(8)65(57(103-14)40-60(90)85-36-23-28-55(85)67(104-15)48(9)68(95)78-49(10)66(94)51-26-20-17-21-27-51)83(12)74(101)63(45(4)5)82-72(99)64(46(6)7)84(13)75(102)105-43-50-30-32-52(33-31-50)79-70(97)54(42-88)81-69(96)53(39-62(92)93)80-71(98)56-29-24-37-86(56)59(89)34-38-87-61(91)41-58(73(87)100)106-76(11,77)35-22-18-19-25-44(2)3/h17,20-21,26-27,30-33,44-49,53-58,63-67,88,94H,16,18-19,22-25,28-29,34-43H2,1-15H3,(H,78,95)(H,79,97)(H,80,98)(H,81,96)(H,82,99)(H,92,93)/t47-,48+,49+,53-,54-,55-,56-,57+,58?,63-,64-,65-,66+,67+,76?/m0/s1. The van der Waals surface area contributed by atoms with Gasteiger partial charge in [0.1, 0.15) is 36.8 Å². The van der Waals surface area contributed by atoms with Crippen LogP contribution >= 0.6 is 34.4 Å². The Morgan fingerprint density at radius 1 is 0.736 bits per heavy atom. The van der Waals surface area contributed by atoms with Gasteiger partial charge in [-0.15, -0.1) is 11.8 Å². The number of rotatable bonds is 42. The number of aliphatic hydroxyl groups is 2. The summed E-state index contributed by atoms with van der Waals surface area (Å²) in [4.78, 5) is 171. The topological polar surface area (TPSA) is 370 Å². The summed E-state index contributed by atoms with van der Waals surface area (Å²) in [6.07, 6.45) is 3.06. The molecule has 5 rings (SSSR count). The minimum atomic E-state index is -1.75. The predicted octanol–water partition coefficient (Wildman–Crippen LogP) is 6.95. The number of carbonyl (C=O) groups is 12. The number of alkyl halides is 1. The lowest BCUT2D eigenvalue weighted by atomic mass is 9.89. The van der Waals surface area contributed by atoms with Gasteiger partial charge in [-0.1, -0.05) is 159 Å². The number of nitrogens with zero attached hydrogens (tertiary/aromatic N) is 5. The number of thioether (sulfide) groups is 1. The Bertz CT molecular complexity index is 3300. The number of nitrogens with one attached hydrogen (secondary N) is 5. The highest BCUT2D eigenvalue weighted by atomic mass is 127. The highest BCUT2D eigenvalue weighted by molar-refractivity contribution is 14.1.